The Morgan fingerprint density at radius 2 is 1.90 bits per heavy atom. The zero-order valence-corrected chi connectivity index (χ0v) is 17.3. The number of aliphatic hydroxyl groups is 1. The van der Waals surface area contributed by atoms with Gasteiger partial charge in [0.25, 0.3) is 0 Å². The van der Waals surface area contributed by atoms with Crippen LogP contribution in [0.1, 0.15) is 18.5 Å². The predicted molar refractivity (Wildman–Crippen MR) is 109 cm³/mol. The van der Waals surface area contributed by atoms with E-state index in [9.17, 15) is 18.0 Å². The Morgan fingerprint density at radius 3 is 2.34 bits per heavy atom. The number of thioether (sulfide) groups is 1. The Balaban J connectivity index is 0.000000734. The van der Waals surface area contributed by atoms with Crippen LogP contribution in [-0.4, -0.2) is 64.3 Å². The van der Waals surface area contributed by atoms with Crippen LogP contribution in [0.2, 0.25) is 0 Å². The van der Waals surface area contributed by atoms with Crippen LogP contribution in [0.15, 0.2) is 14.8 Å². The van der Waals surface area contributed by atoms with Crippen LogP contribution < -0.4 is 22.3 Å². The van der Waals surface area contributed by atoms with E-state index in [2.05, 4.69) is 14.4 Å². The van der Waals surface area contributed by atoms with Crippen LogP contribution in [0.25, 0.3) is 0 Å². The summed E-state index contributed by atoms with van der Waals surface area (Å²) in [5, 5.41) is 31.2. The van der Waals surface area contributed by atoms with Crippen molar-refractivity contribution in [3.8, 4) is 0 Å². The van der Waals surface area contributed by atoms with Gasteiger partial charge in [0, 0.05) is 23.3 Å². The normalized spacial score (nSPS) is 12.4. The molecular weight excluding hydrogens is 450 g/mol. The standard InChI is InChI=1S/C8H15N7O2S3.C4H6O5/c9-6(15-20(12,16)17)1-2-18-3-5-4-19-8(13-5)14-7(10)11;5-2(4(8)9)1-3(6)7/h4H,1-3H2,(H2,9,15)(H2,12,16,17)(H4,10,11,13,14);2,5H,1H2,(H,6,7)(H,8,9). The Hall–Kier alpha value is -2.47. The lowest BCUT2D eigenvalue weighted by Crippen LogP contribution is -2.22. The number of thiazole rings is 1. The molecule has 0 saturated carbocycles. The highest BCUT2D eigenvalue weighted by Gasteiger charge is 2.16. The first kappa shape index (κ1) is 26.5. The van der Waals surface area contributed by atoms with Gasteiger partial charge in [-0.2, -0.15) is 25.2 Å². The lowest BCUT2D eigenvalue weighted by molar-refractivity contribution is -0.152. The number of carboxylic acid groups (broad SMARTS) is 2. The number of aliphatic hydroxyl groups excluding tert-OH is 1. The Morgan fingerprint density at radius 1 is 1.28 bits per heavy atom. The number of nitrogens with zero attached hydrogens (tertiary/aromatic N) is 3. The Kier molecular flexibility index (Phi) is 11.8. The molecule has 0 bridgehead atoms. The van der Waals surface area contributed by atoms with Gasteiger partial charge >= 0.3 is 22.1 Å². The number of amidine groups is 1. The van der Waals surface area contributed by atoms with Gasteiger partial charge in [-0.1, -0.05) is 0 Å². The molecule has 0 radical (unpaired) electrons. The van der Waals surface area contributed by atoms with Gasteiger partial charge < -0.3 is 32.5 Å². The molecule has 1 rings (SSSR count). The number of aliphatic imine (C=N–C) groups is 1. The van der Waals surface area contributed by atoms with Crippen molar-refractivity contribution < 1.29 is 33.3 Å². The molecule has 0 fully saturated rings. The molecule has 17 heteroatoms. The number of rotatable bonds is 10. The molecule has 0 aliphatic carbocycles. The highest BCUT2D eigenvalue weighted by molar-refractivity contribution is 7.98. The van der Waals surface area contributed by atoms with Crippen molar-refractivity contribution >= 4 is 62.2 Å². The quantitative estimate of drug-likeness (QED) is 0.112. The highest BCUT2D eigenvalue weighted by Crippen LogP contribution is 2.21. The van der Waals surface area contributed by atoms with Crippen LogP contribution >= 0.6 is 23.1 Å². The smallest absolute Gasteiger partial charge is 0.333 e. The van der Waals surface area contributed by atoms with Crippen LogP contribution in [-0.2, 0) is 25.6 Å². The third kappa shape index (κ3) is 15.2. The van der Waals surface area contributed by atoms with Crippen molar-refractivity contribution in [2.24, 2.45) is 31.7 Å². The summed E-state index contributed by atoms with van der Waals surface area (Å²) >= 11 is 2.86. The predicted octanol–water partition coefficient (Wildman–Crippen LogP) is -1.86. The summed E-state index contributed by atoms with van der Waals surface area (Å²) in [7, 11) is -3.92. The van der Waals surface area contributed by atoms with Crippen LogP contribution in [0.3, 0.4) is 0 Å². The number of guanidine groups is 1. The van der Waals surface area contributed by atoms with E-state index < -0.39 is 34.7 Å². The van der Waals surface area contributed by atoms with Gasteiger partial charge in [-0.15, -0.1) is 15.7 Å². The average molecular weight is 472 g/mol. The molecule has 164 valence electrons. The first-order chi connectivity index (χ1) is 13.3. The monoisotopic (exact) mass is 471 g/mol. The number of aromatic nitrogens is 1. The molecule has 1 heterocycles. The molecule has 0 amide bonds. The van der Waals surface area contributed by atoms with E-state index in [1.807, 2.05) is 5.38 Å². The summed E-state index contributed by atoms with van der Waals surface area (Å²) in [4.78, 5) is 27.4. The molecule has 1 unspecified atom stereocenters. The molecule has 0 aliphatic rings. The molecule has 0 saturated heterocycles. The minimum atomic E-state index is -3.92. The molecule has 1 aromatic heterocycles. The SMILES string of the molecule is NC(N)=Nc1nc(CSCCC(N)=NS(N)(=O)=O)cs1.O=C(O)CC(O)C(=O)O. The summed E-state index contributed by atoms with van der Waals surface area (Å²) in [6, 6.07) is 0. The fraction of sp³-hybridized carbons (Fsp3) is 0.417. The third-order valence-electron chi connectivity index (χ3n) is 2.41. The van der Waals surface area contributed by atoms with Crippen LogP contribution in [0.4, 0.5) is 5.13 Å². The van der Waals surface area contributed by atoms with Crippen LogP contribution in [0, 0.1) is 0 Å². The molecule has 11 N–H and O–H groups in total. The number of hydrogen-bond donors (Lipinski definition) is 7. The topological polar surface area (TPSA) is 271 Å². The minimum Gasteiger partial charge on any atom is -0.481 e. The summed E-state index contributed by atoms with van der Waals surface area (Å²) in [5.41, 5.74) is 16.7. The molecule has 0 aromatic carbocycles. The van der Waals surface area contributed by atoms with Crippen molar-refractivity contribution in [2.75, 3.05) is 5.75 Å². The molecule has 0 spiro atoms. The number of carboxylic acids is 2. The lowest BCUT2D eigenvalue weighted by Gasteiger charge is -1.99. The number of carbonyl (C=O) groups is 2. The zero-order valence-electron chi connectivity index (χ0n) is 14.8. The summed E-state index contributed by atoms with van der Waals surface area (Å²) in [6.45, 7) is 0. The van der Waals surface area contributed by atoms with E-state index >= 15 is 0 Å². The van der Waals surface area contributed by atoms with Crippen LogP contribution in [0.5, 0.6) is 0 Å². The van der Waals surface area contributed by atoms with E-state index in [0.717, 1.165) is 5.69 Å². The summed E-state index contributed by atoms with van der Waals surface area (Å²) in [6.07, 6.45) is -2.22. The molecule has 14 nitrogen and oxygen atoms in total. The third-order valence-corrected chi connectivity index (χ3v) is 4.68. The van der Waals surface area contributed by atoms with Crippen molar-refractivity contribution in [1.82, 2.24) is 4.98 Å². The summed E-state index contributed by atoms with van der Waals surface area (Å²) < 4.78 is 24.5. The maximum Gasteiger partial charge on any atom is 0.333 e. The summed E-state index contributed by atoms with van der Waals surface area (Å²) in [5.74, 6) is -1.66. The van der Waals surface area contributed by atoms with Gasteiger partial charge in [-0.05, 0) is 0 Å². The van der Waals surface area contributed by atoms with E-state index in [4.69, 9.17) is 37.7 Å². The highest BCUT2D eigenvalue weighted by atomic mass is 32.2. The van der Waals surface area contributed by atoms with Crippen molar-refractivity contribution in [3.05, 3.63) is 11.1 Å². The zero-order chi connectivity index (χ0) is 22.6. The fourth-order valence-electron chi connectivity index (χ4n) is 1.34. The van der Waals surface area contributed by atoms with Gasteiger partial charge in [0.05, 0.1) is 12.1 Å². The number of nitrogens with two attached hydrogens (primary N) is 4. The minimum absolute atomic E-state index is 0.0144. The maximum atomic E-state index is 10.6. The largest absolute Gasteiger partial charge is 0.481 e. The molecular formula is C12H21N7O7S3. The first-order valence-electron chi connectivity index (χ1n) is 7.41. The second kappa shape index (κ2) is 12.9. The number of aliphatic carboxylic acids is 2. The Bertz CT molecular complexity index is 850. The molecule has 1 atom stereocenters. The second-order valence-electron chi connectivity index (χ2n) is 5.01. The van der Waals surface area contributed by atoms with E-state index in [-0.39, 0.29) is 11.8 Å². The van der Waals surface area contributed by atoms with Gasteiger partial charge in [0.1, 0.15) is 5.84 Å². The lowest BCUT2D eigenvalue weighted by atomic mass is 10.3. The first-order valence-corrected chi connectivity index (χ1v) is 11.0. The Labute approximate surface area is 173 Å². The molecule has 29 heavy (non-hydrogen) atoms. The fourth-order valence-corrected chi connectivity index (χ4v) is 3.42. The van der Waals surface area contributed by atoms with Gasteiger partial charge in [-0.3, -0.25) is 4.79 Å². The van der Waals surface area contributed by atoms with E-state index in [1.54, 1.807) is 0 Å². The van der Waals surface area contributed by atoms with E-state index in [0.29, 0.717) is 23.1 Å². The molecule has 0 aliphatic heterocycles. The van der Waals surface area contributed by atoms with Gasteiger partial charge in [-0.25, -0.2) is 14.9 Å². The van der Waals surface area contributed by atoms with Crippen molar-refractivity contribution in [2.45, 2.75) is 24.7 Å². The second-order valence-corrected chi connectivity index (χ2v) is 8.16. The average Bonchev–Trinajstić information content (AvgIpc) is 2.96. The maximum absolute atomic E-state index is 10.6. The van der Waals surface area contributed by atoms with Crippen molar-refractivity contribution in [3.63, 3.8) is 0 Å². The number of hydrogen-bond acceptors (Lipinski definition) is 9. The van der Waals surface area contributed by atoms with Crippen molar-refractivity contribution in [1.29, 1.82) is 0 Å². The van der Waals surface area contributed by atoms with Gasteiger partial charge in [0.2, 0.25) is 5.13 Å². The molecule has 1 aromatic rings. The van der Waals surface area contributed by atoms with Gasteiger partial charge in [0.15, 0.2) is 12.1 Å². The van der Waals surface area contributed by atoms with E-state index in [1.165, 1.54) is 23.1 Å².